The Kier molecular flexibility index (Phi) is 5.41. The van der Waals surface area contributed by atoms with Crippen LogP contribution in [0.4, 0.5) is 13.2 Å². The molecule has 1 aliphatic heterocycles. The van der Waals surface area contributed by atoms with Gasteiger partial charge in [-0.2, -0.15) is 13.2 Å². The molecule has 2 amide bonds. The molecule has 1 N–H and O–H groups in total. The number of piperidine rings is 1. The summed E-state index contributed by atoms with van der Waals surface area (Å²) in [5, 5.41) is 2.55. The van der Waals surface area contributed by atoms with Crippen molar-refractivity contribution in [3.8, 4) is 0 Å². The molecule has 1 aromatic rings. The fraction of sp³-hybridized carbons (Fsp3) is 0.429. The standard InChI is InChI=1S/C14H13Cl2F3N2O2/c15-8-1-2-10(11(16)7-8)12(22)21-5-3-9(4-6-21)20-13(23)14(17,18)19/h1-2,7,9H,3-6H2,(H,20,23). The summed E-state index contributed by atoms with van der Waals surface area (Å²) >= 11 is 11.7. The maximum absolute atomic E-state index is 12.4. The van der Waals surface area contributed by atoms with E-state index in [0.29, 0.717) is 5.02 Å². The number of nitrogens with one attached hydrogen (secondary N) is 1. The van der Waals surface area contributed by atoms with Gasteiger partial charge in [-0.3, -0.25) is 9.59 Å². The number of nitrogens with zero attached hydrogens (tertiary/aromatic N) is 1. The SMILES string of the molecule is O=C(c1ccc(Cl)cc1Cl)N1CCC(NC(=O)C(F)(F)F)CC1. The van der Waals surface area contributed by atoms with Crippen LogP contribution in [0.15, 0.2) is 18.2 Å². The first-order chi connectivity index (χ1) is 10.7. The predicted octanol–water partition coefficient (Wildman–Crippen LogP) is 3.28. The quantitative estimate of drug-likeness (QED) is 0.870. The van der Waals surface area contributed by atoms with Gasteiger partial charge in [0, 0.05) is 24.2 Å². The molecular formula is C14H13Cl2F3N2O2. The van der Waals surface area contributed by atoms with E-state index in [2.05, 4.69) is 0 Å². The lowest BCUT2D eigenvalue weighted by Gasteiger charge is -2.32. The van der Waals surface area contributed by atoms with Crippen molar-refractivity contribution in [2.24, 2.45) is 0 Å². The molecule has 0 unspecified atom stereocenters. The predicted molar refractivity (Wildman–Crippen MR) is 79.6 cm³/mol. The van der Waals surface area contributed by atoms with Crippen LogP contribution in [0.2, 0.25) is 10.0 Å². The van der Waals surface area contributed by atoms with Crippen molar-refractivity contribution >= 4 is 35.0 Å². The van der Waals surface area contributed by atoms with Crippen LogP contribution in [0.25, 0.3) is 0 Å². The monoisotopic (exact) mass is 368 g/mol. The van der Waals surface area contributed by atoms with Gasteiger partial charge < -0.3 is 10.2 Å². The highest BCUT2D eigenvalue weighted by Crippen LogP contribution is 2.24. The van der Waals surface area contributed by atoms with E-state index in [-0.39, 0.29) is 42.4 Å². The van der Waals surface area contributed by atoms with Crippen LogP contribution >= 0.6 is 23.2 Å². The van der Waals surface area contributed by atoms with Gasteiger partial charge in [0.15, 0.2) is 0 Å². The lowest BCUT2D eigenvalue weighted by molar-refractivity contribution is -0.174. The number of halogens is 5. The number of hydrogen-bond acceptors (Lipinski definition) is 2. The fourth-order valence-electron chi connectivity index (χ4n) is 2.33. The minimum Gasteiger partial charge on any atom is -0.345 e. The van der Waals surface area contributed by atoms with Crippen LogP contribution in [0, 0.1) is 0 Å². The highest BCUT2D eigenvalue weighted by Gasteiger charge is 2.40. The number of alkyl halides is 3. The van der Waals surface area contributed by atoms with E-state index in [4.69, 9.17) is 23.2 Å². The molecule has 0 aliphatic carbocycles. The molecule has 9 heteroatoms. The van der Waals surface area contributed by atoms with Crippen molar-refractivity contribution in [3.63, 3.8) is 0 Å². The second kappa shape index (κ2) is 6.97. The van der Waals surface area contributed by atoms with E-state index in [0.717, 1.165) is 0 Å². The molecule has 4 nitrogen and oxygen atoms in total. The van der Waals surface area contributed by atoms with Crippen LogP contribution in [-0.2, 0) is 4.79 Å². The average molecular weight is 369 g/mol. The molecule has 1 fully saturated rings. The Balaban J connectivity index is 1.94. The molecule has 1 aliphatic rings. The highest BCUT2D eigenvalue weighted by molar-refractivity contribution is 6.36. The zero-order chi connectivity index (χ0) is 17.2. The summed E-state index contributed by atoms with van der Waals surface area (Å²) < 4.78 is 36.6. The van der Waals surface area contributed by atoms with Crippen molar-refractivity contribution in [3.05, 3.63) is 33.8 Å². The molecule has 0 spiro atoms. The third-order valence-corrected chi connectivity index (χ3v) is 4.08. The Labute approximate surface area is 140 Å². The lowest BCUT2D eigenvalue weighted by atomic mass is 10.0. The van der Waals surface area contributed by atoms with Crippen LogP contribution < -0.4 is 5.32 Å². The van der Waals surface area contributed by atoms with Gasteiger partial charge in [0.05, 0.1) is 10.6 Å². The molecule has 0 radical (unpaired) electrons. The number of benzene rings is 1. The molecule has 126 valence electrons. The lowest BCUT2D eigenvalue weighted by Crippen LogP contribution is -2.49. The summed E-state index contributed by atoms with van der Waals surface area (Å²) in [7, 11) is 0. The molecular weight excluding hydrogens is 356 g/mol. The summed E-state index contributed by atoms with van der Waals surface area (Å²) in [6.07, 6.45) is -4.40. The molecule has 1 saturated heterocycles. The van der Waals surface area contributed by atoms with E-state index < -0.39 is 18.1 Å². The van der Waals surface area contributed by atoms with E-state index in [9.17, 15) is 22.8 Å². The van der Waals surface area contributed by atoms with Gasteiger partial charge in [-0.05, 0) is 31.0 Å². The molecule has 0 saturated carbocycles. The highest BCUT2D eigenvalue weighted by atomic mass is 35.5. The Morgan fingerprint density at radius 1 is 1.17 bits per heavy atom. The third-order valence-electron chi connectivity index (χ3n) is 3.54. The van der Waals surface area contributed by atoms with Gasteiger partial charge in [0.1, 0.15) is 0 Å². The first kappa shape index (κ1) is 17.9. The fourth-order valence-corrected chi connectivity index (χ4v) is 2.82. The summed E-state index contributed by atoms with van der Waals surface area (Å²) in [5.74, 6) is -2.27. The minimum absolute atomic E-state index is 0.218. The van der Waals surface area contributed by atoms with Crippen LogP contribution in [-0.4, -0.2) is 42.0 Å². The summed E-state index contributed by atoms with van der Waals surface area (Å²) in [6, 6.07) is 3.89. The van der Waals surface area contributed by atoms with E-state index >= 15 is 0 Å². The van der Waals surface area contributed by atoms with Gasteiger partial charge in [0.2, 0.25) is 0 Å². The van der Waals surface area contributed by atoms with Crippen LogP contribution in [0.1, 0.15) is 23.2 Å². The normalized spacial score (nSPS) is 16.3. The third kappa shape index (κ3) is 4.51. The van der Waals surface area contributed by atoms with Crippen molar-refractivity contribution < 1.29 is 22.8 Å². The number of likely N-dealkylation sites (tertiary alicyclic amines) is 1. The molecule has 1 aromatic carbocycles. The number of carbonyl (C=O) groups excluding carboxylic acids is 2. The topological polar surface area (TPSA) is 49.4 Å². The molecule has 2 rings (SSSR count). The van der Waals surface area contributed by atoms with E-state index in [1.54, 1.807) is 0 Å². The average Bonchev–Trinajstić information content (AvgIpc) is 2.46. The zero-order valence-corrected chi connectivity index (χ0v) is 13.3. The van der Waals surface area contributed by atoms with Gasteiger partial charge >= 0.3 is 12.1 Å². The maximum Gasteiger partial charge on any atom is 0.471 e. The Hall–Kier alpha value is -1.47. The number of hydrogen-bond donors (Lipinski definition) is 1. The van der Waals surface area contributed by atoms with Crippen molar-refractivity contribution in [1.29, 1.82) is 0 Å². The van der Waals surface area contributed by atoms with Gasteiger partial charge in [-0.15, -0.1) is 0 Å². The summed E-state index contributed by atoms with van der Waals surface area (Å²) in [6.45, 7) is 0.473. The largest absolute Gasteiger partial charge is 0.471 e. The van der Waals surface area contributed by atoms with Crippen molar-refractivity contribution in [2.75, 3.05) is 13.1 Å². The van der Waals surface area contributed by atoms with Gasteiger partial charge in [-0.25, -0.2) is 0 Å². The molecule has 23 heavy (non-hydrogen) atoms. The number of rotatable bonds is 2. The number of amides is 2. The Morgan fingerprint density at radius 3 is 2.30 bits per heavy atom. The minimum atomic E-state index is -4.90. The van der Waals surface area contributed by atoms with Crippen LogP contribution in [0.3, 0.4) is 0 Å². The molecule has 0 bridgehead atoms. The Bertz CT molecular complexity index is 615. The first-order valence-corrected chi connectivity index (χ1v) is 7.56. The van der Waals surface area contributed by atoms with Gasteiger partial charge in [0.25, 0.3) is 5.91 Å². The maximum atomic E-state index is 12.4. The van der Waals surface area contributed by atoms with Crippen molar-refractivity contribution in [2.45, 2.75) is 25.1 Å². The smallest absolute Gasteiger partial charge is 0.345 e. The zero-order valence-electron chi connectivity index (χ0n) is 11.8. The molecule has 0 aromatic heterocycles. The first-order valence-electron chi connectivity index (χ1n) is 6.80. The van der Waals surface area contributed by atoms with Gasteiger partial charge in [-0.1, -0.05) is 23.2 Å². The second-order valence-corrected chi connectivity index (χ2v) is 6.01. The van der Waals surface area contributed by atoms with Crippen LogP contribution in [0.5, 0.6) is 0 Å². The number of carbonyl (C=O) groups is 2. The molecule has 0 atom stereocenters. The summed E-state index contributed by atoms with van der Waals surface area (Å²) in [5.41, 5.74) is 0.286. The summed E-state index contributed by atoms with van der Waals surface area (Å²) in [4.78, 5) is 24.7. The van der Waals surface area contributed by atoms with E-state index in [1.165, 1.54) is 23.1 Å². The van der Waals surface area contributed by atoms with Crippen molar-refractivity contribution in [1.82, 2.24) is 10.2 Å². The Morgan fingerprint density at radius 2 is 1.78 bits per heavy atom. The second-order valence-electron chi connectivity index (χ2n) is 5.16. The molecule has 1 heterocycles. The van der Waals surface area contributed by atoms with E-state index in [1.807, 2.05) is 5.32 Å².